The Kier molecular flexibility index (Phi) is 8.67. The van der Waals surface area contributed by atoms with Gasteiger partial charge in [0.15, 0.2) is 0 Å². The Labute approximate surface area is 143 Å². The Morgan fingerprint density at radius 3 is 1.62 bits per heavy atom. The highest BCUT2D eigenvalue weighted by molar-refractivity contribution is 4.99. The van der Waals surface area contributed by atoms with Gasteiger partial charge in [-0.25, -0.2) is 17.6 Å². The second kappa shape index (κ2) is 8.94. The van der Waals surface area contributed by atoms with Crippen LogP contribution in [0.15, 0.2) is 0 Å². The first-order valence-corrected chi connectivity index (χ1v) is 7.58. The van der Waals surface area contributed by atoms with Crippen LogP contribution in [-0.2, 0) is 9.47 Å². The van der Waals surface area contributed by atoms with Crippen LogP contribution in [0.5, 0.6) is 0 Å². The number of ether oxygens (including phenoxy) is 2. The second-order valence-corrected chi connectivity index (χ2v) is 5.74. The normalized spacial score (nSPS) is 14.8. The zero-order chi connectivity index (χ0) is 20.9. The molecule has 0 N–H and O–H groups in total. The van der Waals surface area contributed by atoms with Crippen molar-refractivity contribution in [3.63, 3.8) is 0 Å². The minimum atomic E-state index is -6.23. The molecule has 12 heteroatoms. The average molecular weight is 410 g/mol. The largest absolute Gasteiger partial charge is 0.375 e. The van der Waals surface area contributed by atoms with Gasteiger partial charge in [0.1, 0.15) is 13.2 Å². The van der Waals surface area contributed by atoms with Crippen LogP contribution in [0.3, 0.4) is 0 Å². The highest BCUT2D eigenvalue weighted by Gasteiger charge is 2.73. The van der Waals surface area contributed by atoms with Gasteiger partial charge in [-0.05, 0) is 13.3 Å². The monoisotopic (exact) mass is 410 g/mol. The summed E-state index contributed by atoms with van der Waals surface area (Å²) in [4.78, 5) is 0. The Hall–Kier alpha value is -0.780. The highest BCUT2D eigenvalue weighted by atomic mass is 19.3. The SMILES string of the molecule is CCCOCC(F)(F)CC(F)(F)CC(F)(F)C(F)(F)C(F)(F)COCC. The van der Waals surface area contributed by atoms with Crippen molar-refractivity contribution >= 4 is 0 Å². The van der Waals surface area contributed by atoms with Gasteiger partial charge in [-0.15, -0.1) is 0 Å². The first-order chi connectivity index (χ1) is 11.5. The molecule has 0 saturated heterocycles. The van der Waals surface area contributed by atoms with Crippen LogP contribution in [0.1, 0.15) is 33.1 Å². The van der Waals surface area contributed by atoms with Crippen LogP contribution in [0.25, 0.3) is 0 Å². The first kappa shape index (κ1) is 25.2. The number of rotatable bonds is 13. The van der Waals surface area contributed by atoms with Gasteiger partial charge in [-0.2, -0.15) is 26.3 Å². The molecule has 0 aromatic heterocycles. The lowest BCUT2D eigenvalue weighted by atomic mass is 9.96. The first-order valence-electron chi connectivity index (χ1n) is 7.58. The zero-order valence-corrected chi connectivity index (χ0v) is 14.0. The van der Waals surface area contributed by atoms with Crippen LogP contribution >= 0.6 is 0 Å². The van der Waals surface area contributed by atoms with E-state index in [2.05, 4.69) is 9.47 Å². The molecule has 0 amide bonds. The molecule has 0 rings (SSSR count). The maximum absolute atomic E-state index is 13.5. The Morgan fingerprint density at radius 1 is 0.615 bits per heavy atom. The topological polar surface area (TPSA) is 18.5 Å². The molecule has 0 radical (unpaired) electrons. The van der Waals surface area contributed by atoms with Gasteiger partial charge < -0.3 is 9.47 Å². The minimum Gasteiger partial charge on any atom is -0.375 e. The third-order valence-electron chi connectivity index (χ3n) is 3.07. The highest BCUT2D eigenvalue weighted by Crippen LogP contribution is 2.51. The minimum absolute atomic E-state index is 0.223. The van der Waals surface area contributed by atoms with E-state index in [4.69, 9.17) is 0 Å². The molecule has 0 heterocycles. The van der Waals surface area contributed by atoms with Crippen LogP contribution in [0.2, 0.25) is 0 Å². The Bertz CT molecular complexity index is 426. The van der Waals surface area contributed by atoms with Crippen molar-refractivity contribution in [3.8, 4) is 0 Å². The van der Waals surface area contributed by atoms with E-state index in [0.29, 0.717) is 0 Å². The molecule has 0 atom stereocenters. The summed E-state index contributed by atoms with van der Waals surface area (Å²) >= 11 is 0. The maximum Gasteiger partial charge on any atom is 0.374 e. The number of hydrogen-bond donors (Lipinski definition) is 0. The standard InChI is InChI=1S/C14H20F10O2/c1-3-5-26-8-11(17,18)6-10(15,16)7-12(19,20)14(23,24)13(21,22)9-25-4-2/h3-9H2,1-2H3. The summed E-state index contributed by atoms with van der Waals surface area (Å²) in [5, 5.41) is 0. The molecule has 0 aromatic carbocycles. The molecule has 0 aromatic rings. The van der Waals surface area contributed by atoms with E-state index in [1.165, 1.54) is 6.92 Å². The van der Waals surface area contributed by atoms with Crippen molar-refractivity contribution in [1.29, 1.82) is 0 Å². The molecule has 0 aliphatic carbocycles. The average Bonchev–Trinajstić information content (AvgIpc) is 2.42. The molecule has 158 valence electrons. The van der Waals surface area contributed by atoms with E-state index in [1.807, 2.05) is 0 Å². The fourth-order valence-corrected chi connectivity index (χ4v) is 1.88. The summed E-state index contributed by atoms with van der Waals surface area (Å²) < 4.78 is 142. The fourth-order valence-electron chi connectivity index (χ4n) is 1.88. The molecule has 0 aliphatic rings. The molecule has 26 heavy (non-hydrogen) atoms. The lowest BCUT2D eigenvalue weighted by molar-refractivity contribution is -0.332. The lowest BCUT2D eigenvalue weighted by Gasteiger charge is -2.35. The van der Waals surface area contributed by atoms with Gasteiger partial charge in [-0.3, -0.25) is 0 Å². The Morgan fingerprint density at radius 2 is 1.15 bits per heavy atom. The van der Waals surface area contributed by atoms with E-state index in [0.717, 1.165) is 6.92 Å². The second-order valence-electron chi connectivity index (χ2n) is 5.74. The summed E-state index contributed by atoms with van der Waals surface area (Å²) in [5.74, 6) is -27.0. The van der Waals surface area contributed by atoms with Crippen LogP contribution in [0.4, 0.5) is 43.9 Å². The summed E-state index contributed by atoms with van der Waals surface area (Å²) in [6.07, 6.45) is -5.46. The van der Waals surface area contributed by atoms with Crippen molar-refractivity contribution in [2.45, 2.75) is 62.7 Å². The van der Waals surface area contributed by atoms with Gasteiger partial charge in [0, 0.05) is 13.2 Å². The van der Waals surface area contributed by atoms with E-state index >= 15 is 0 Å². The lowest BCUT2D eigenvalue weighted by Crippen LogP contribution is -2.58. The molecular weight excluding hydrogens is 390 g/mol. The molecule has 0 unspecified atom stereocenters. The fraction of sp³-hybridized carbons (Fsp3) is 1.00. The van der Waals surface area contributed by atoms with Crippen LogP contribution in [0, 0.1) is 0 Å². The molecule has 0 spiro atoms. The van der Waals surface area contributed by atoms with Crippen molar-refractivity contribution in [1.82, 2.24) is 0 Å². The van der Waals surface area contributed by atoms with Gasteiger partial charge >= 0.3 is 17.8 Å². The number of halogens is 10. The number of alkyl halides is 10. The summed E-state index contributed by atoms with van der Waals surface area (Å²) in [5.41, 5.74) is 0. The van der Waals surface area contributed by atoms with E-state index < -0.39 is 62.3 Å². The Balaban J connectivity index is 5.18. The number of hydrogen-bond acceptors (Lipinski definition) is 2. The van der Waals surface area contributed by atoms with E-state index in [-0.39, 0.29) is 13.0 Å². The summed E-state index contributed by atoms with van der Waals surface area (Å²) in [6, 6.07) is 0. The predicted octanol–water partition coefficient (Wildman–Crippen LogP) is 5.41. The van der Waals surface area contributed by atoms with Gasteiger partial charge in [0.25, 0.3) is 11.8 Å². The van der Waals surface area contributed by atoms with Crippen molar-refractivity contribution in [2.24, 2.45) is 0 Å². The molecule has 2 nitrogen and oxygen atoms in total. The van der Waals surface area contributed by atoms with Gasteiger partial charge in [-0.1, -0.05) is 6.92 Å². The van der Waals surface area contributed by atoms with Crippen molar-refractivity contribution in [3.05, 3.63) is 0 Å². The third kappa shape index (κ3) is 7.09. The third-order valence-corrected chi connectivity index (χ3v) is 3.07. The summed E-state index contributed by atoms with van der Waals surface area (Å²) in [7, 11) is 0. The smallest absolute Gasteiger partial charge is 0.374 e. The van der Waals surface area contributed by atoms with Crippen LogP contribution in [-0.4, -0.2) is 56.0 Å². The van der Waals surface area contributed by atoms with Crippen molar-refractivity contribution < 1.29 is 53.4 Å². The van der Waals surface area contributed by atoms with Gasteiger partial charge in [0.05, 0.1) is 12.8 Å². The molecule has 0 fully saturated rings. The zero-order valence-electron chi connectivity index (χ0n) is 14.0. The molecule has 0 aliphatic heterocycles. The van der Waals surface area contributed by atoms with Crippen LogP contribution < -0.4 is 0 Å². The van der Waals surface area contributed by atoms with Gasteiger partial charge in [0.2, 0.25) is 0 Å². The molecular formula is C14H20F10O2. The predicted molar refractivity (Wildman–Crippen MR) is 71.6 cm³/mol. The quantitative estimate of drug-likeness (QED) is 0.299. The van der Waals surface area contributed by atoms with E-state index in [9.17, 15) is 43.9 Å². The molecule has 0 saturated carbocycles. The maximum atomic E-state index is 13.5. The van der Waals surface area contributed by atoms with Crippen molar-refractivity contribution in [2.75, 3.05) is 26.4 Å². The molecule has 0 bridgehead atoms. The summed E-state index contributed by atoms with van der Waals surface area (Å²) in [6.45, 7) is -1.78. The van der Waals surface area contributed by atoms with E-state index in [1.54, 1.807) is 0 Å².